The lowest BCUT2D eigenvalue weighted by molar-refractivity contribution is -0.121. The Kier molecular flexibility index (Phi) is 5.49. The third-order valence-electron chi connectivity index (χ3n) is 2.42. The molecule has 1 rings (SSSR count). The standard InChI is InChI=1S/C10H19N5O/c1-8(6-11)2-3-10(16)12-5-4-9-13-7-14-15-9/h7-8H,2-6,11H2,1H3,(H,12,16)(H,13,14,15). The Bertz CT molecular complexity index is 298. The number of hydrogen-bond acceptors (Lipinski definition) is 4. The Hall–Kier alpha value is -1.43. The van der Waals surface area contributed by atoms with Crippen LogP contribution in [0.1, 0.15) is 25.6 Å². The van der Waals surface area contributed by atoms with Gasteiger partial charge in [-0.25, -0.2) is 4.98 Å². The van der Waals surface area contributed by atoms with Crippen LogP contribution < -0.4 is 11.1 Å². The van der Waals surface area contributed by atoms with Crippen LogP contribution in [0.2, 0.25) is 0 Å². The molecule has 0 aliphatic rings. The molecule has 0 saturated carbocycles. The normalized spacial score (nSPS) is 12.4. The maximum Gasteiger partial charge on any atom is 0.220 e. The highest BCUT2D eigenvalue weighted by Crippen LogP contribution is 2.02. The lowest BCUT2D eigenvalue weighted by Gasteiger charge is -2.07. The summed E-state index contributed by atoms with van der Waals surface area (Å²) in [6, 6.07) is 0. The van der Waals surface area contributed by atoms with Gasteiger partial charge in [-0.1, -0.05) is 6.92 Å². The fourth-order valence-electron chi connectivity index (χ4n) is 1.26. The van der Waals surface area contributed by atoms with Crippen molar-refractivity contribution in [1.29, 1.82) is 0 Å². The second-order valence-corrected chi connectivity index (χ2v) is 3.91. The molecule has 0 aliphatic heterocycles. The van der Waals surface area contributed by atoms with E-state index >= 15 is 0 Å². The largest absolute Gasteiger partial charge is 0.356 e. The van der Waals surface area contributed by atoms with Crippen LogP contribution in [0.15, 0.2) is 6.33 Å². The Morgan fingerprint density at radius 3 is 3.12 bits per heavy atom. The number of H-pyrrole nitrogens is 1. The van der Waals surface area contributed by atoms with Crippen LogP contribution >= 0.6 is 0 Å². The van der Waals surface area contributed by atoms with Crippen LogP contribution in [0.5, 0.6) is 0 Å². The van der Waals surface area contributed by atoms with Gasteiger partial charge < -0.3 is 11.1 Å². The summed E-state index contributed by atoms with van der Waals surface area (Å²) >= 11 is 0. The molecule has 90 valence electrons. The molecule has 1 aromatic heterocycles. The fraction of sp³-hybridized carbons (Fsp3) is 0.700. The molecule has 0 aliphatic carbocycles. The zero-order valence-corrected chi connectivity index (χ0v) is 9.57. The van der Waals surface area contributed by atoms with Gasteiger partial charge in [-0.3, -0.25) is 9.89 Å². The van der Waals surface area contributed by atoms with Crippen molar-refractivity contribution >= 4 is 5.91 Å². The lowest BCUT2D eigenvalue weighted by Crippen LogP contribution is -2.26. The molecule has 6 heteroatoms. The molecular weight excluding hydrogens is 206 g/mol. The van der Waals surface area contributed by atoms with Crippen molar-refractivity contribution in [2.24, 2.45) is 11.7 Å². The van der Waals surface area contributed by atoms with Crippen LogP contribution in [-0.2, 0) is 11.2 Å². The van der Waals surface area contributed by atoms with E-state index in [9.17, 15) is 4.79 Å². The number of nitrogens with one attached hydrogen (secondary N) is 2. The lowest BCUT2D eigenvalue weighted by atomic mass is 10.1. The van der Waals surface area contributed by atoms with E-state index in [0.717, 1.165) is 12.2 Å². The molecule has 1 unspecified atom stereocenters. The van der Waals surface area contributed by atoms with E-state index in [4.69, 9.17) is 5.73 Å². The Labute approximate surface area is 95.0 Å². The van der Waals surface area contributed by atoms with Crippen LogP contribution in [0.3, 0.4) is 0 Å². The molecule has 0 spiro atoms. The number of hydrogen-bond donors (Lipinski definition) is 3. The van der Waals surface area contributed by atoms with E-state index in [1.54, 1.807) is 0 Å². The quantitative estimate of drug-likeness (QED) is 0.600. The van der Waals surface area contributed by atoms with Gasteiger partial charge in [-0.05, 0) is 18.9 Å². The first-order chi connectivity index (χ1) is 7.72. The minimum atomic E-state index is 0.0693. The third kappa shape index (κ3) is 4.88. The Balaban J connectivity index is 2.06. The van der Waals surface area contributed by atoms with Crippen molar-refractivity contribution in [3.8, 4) is 0 Å². The first-order valence-electron chi connectivity index (χ1n) is 5.53. The van der Waals surface area contributed by atoms with E-state index in [0.29, 0.717) is 31.8 Å². The van der Waals surface area contributed by atoms with Crippen molar-refractivity contribution in [2.75, 3.05) is 13.1 Å². The summed E-state index contributed by atoms with van der Waals surface area (Å²) in [5.41, 5.74) is 5.47. The third-order valence-corrected chi connectivity index (χ3v) is 2.42. The number of nitrogens with two attached hydrogens (primary N) is 1. The van der Waals surface area contributed by atoms with Crippen molar-refractivity contribution in [1.82, 2.24) is 20.5 Å². The smallest absolute Gasteiger partial charge is 0.220 e. The molecular formula is C10H19N5O. The fourth-order valence-corrected chi connectivity index (χ4v) is 1.26. The average molecular weight is 225 g/mol. The number of aromatic amines is 1. The van der Waals surface area contributed by atoms with Gasteiger partial charge >= 0.3 is 0 Å². The molecule has 0 fully saturated rings. The van der Waals surface area contributed by atoms with Gasteiger partial charge in [0.1, 0.15) is 12.2 Å². The summed E-state index contributed by atoms with van der Waals surface area (Å²) < 4.78 is 0. The number of rotatable bonds is 7. The number of carbonyl (C=O) groups excluding carboxylic acids is 1. The summed E-state index contributed by atoms with van der Waals surface area (Å²) in [7, 11) is 0. The van der Waals surface area contributed by atoms with Gasteiger partial charge in [0, 0.05) is 19.4 Å². The predicted molar refractivity (Wildman–Crippen MR) is 60.5 cm³/mol. The monoisotopic (exact) mass is 225 g/mol. The maximum atomic E-state index is 11.4. The zero-order chi connectivity index (χ0) is 11.8. The number of aromatic nitrogens is 3. The van der Waals surface area contributed by atoms with Crippen molar-refractivity contribution in [2.45, 2.75) is 26.2 Å². The highest BCUT2D eigenvalue weighted by Gasteiger charge is 2.05. The van der Waals surface area contributed by atoms with Crippen LogP contribution in [0.4, 0.5) is 0 Å². The van der Waals surface area contributed by atoms with Crippen LogP contribution in [0.25, 0.3) is 0 Å². The molecule has 4 N–H and O–H groups in total. The van der Waals surface area contributed by atoms with Gasteiger partial charge in [0.25, 0.3) is 0 Å². The summed E-state index contributed by atoms with van der Waals surface area (Å²) in [6.45, 7) is 3.26. The van der Waals surface area contributed by atoms with Crippen LogP contribution in [0, 0.1) is 5.92 Å². The van der Waals surface area contributed by atoms with E-state index in [2.05, 4.69) is 20.5 Å². The molecule has 0 bridgehead atoms. The molecule has 1 heterocycles. The average Bonchev–Trinajstić information content (AvgIpc) is 2.79. The van der Waals surface area contributed by atoms with Crippen LogP contribution in [-0.4, -0.2) is 34.2 Å². The first-order valence-corrected chi connectivity index (χ1v) is 5.53. The van der Waals surface area contributed by atoms with E-state index in [1.165, 1.54) is 6.33 Å². The van der Waals surface area contributed by atoms with E-state index in [-0.39, 0.29) is 5.91 Å². The SMILES string of the molecule is CC(CN)CCC(=O)NCCc1ncn[nH]1. The maximum absolute atomic E-state index is 11.4. The second kappa shape index (κ2) is 6.95. The highest BCUT2D eigenvalue weighted by molar-refractivity contribution is 5.75. The number of nitrogens with zero attached hydrogens (tertiary/aromatic N) is 2. The van der Waals surface area contributed by atoms with Gasteiger partial charge in [0.05, 0.1) is 0 Å². The molecule has 16 heavy (non-hydrogen) atoms. The van der Waals surface area contributed by atoms with Crippen molar-refractivity contribution in [3.05, 3.63) is 12.2 Å². The first kappa shape index (κ1) is 12.6. The summed E-state index contributed by atoms with van der Waals surface area (Å²) in [6.07, 6.45) is 3.51. The molecule has 6 nitrogen and oxygen atoms in total. The molecule has 1 amide bonds. The van der Waals surface area contributed by atoms with E-state index in [1.807, 2.05) is 6.92 Å². The minimum absolute atomic E-state index is 0.0693. The van der Waals surface area contributed by atoms with Crippen molar-refractivity contribution in [3.63, 3.8) is 0 Å². The summed E-state index contributed by atoms with van der Waals surface area (Å²) in [5, 5.41) is 9.30. The number of carbonyl (C=O) groups is 1. The zero-order valence-electron chi connectivity index (χ0n) is 9.57. The topological polar surface area (TPSA) is 96.7 Å². The minimum Gasteiger partial charge on any atom is -0.356 e. The Morgan fingerprint density at radius 2 is 2.50 bits per heavy atom. The number of amides is 1. The highest BCUT2D eigenvalue weighted by atomic mass is 16.1. The van der Waals surface area contributed by atoms with Gasteiger partial charge in [0.15, 0.2) is 0 Å². The van der Waals surface area contributed by atoms with Gasteiger partial charge in [-0.2, -0.15) is 5.10 Å². The molecule has 1 atom stereocenters. The molecule has 0 radical (unpaired) electrons. The molecule has 0 aromatic carbocycles. The molecule has 1 aromatic rings. The van der Waals surface area contributed by atoms with Crippen molar-refractivity contribution < 1.29 is 4.79 Å². The summed E-state index contributed by atoms with van der Waals surface area (Å²) in [5.74, 6) is 1.26. The van der Waals surface area contributed by atoms with E-state index < -0.39 is 0 Å². The van der Waals surface area contributed by atoms with Gasteiger partial charge in [-0.15, -0.1) is 0 Å². The summed E-state index contributed by atoms with van der Waals surface area (Å²) in [4.78, 5) is 15.4. The Morgan fingerprint density at radius 1 is 1.69 bits per heavy atom. The predicted octanol–water partition coefficient (Wildman–Crippen LogP) is -0.162. The second-order valence-electron chi connectivity index (χ2n) is 3.91. The van der Waals surface area contributed by atoms with Gasteiger partial charge in [0.2, 0.25) is 5.91 Å². The molecule has 0 saturated heterocycles.